The number of amides is 1. The van der Waals surface area contributed by atoms with Crippen LogP contribution >= 0.6 is 0 Å². The fraction of sp³-hybridized carbons (Fsp3) is 0.250. The molecule has 0 aliphatic rings. The van der Waals surface area contributed by atoms with Gasteiger partial charge in [0.1, 0.15) is 8.07 Å². The van der Waals surface area contributed by atoms with E-state index in [2.05, 4.69) is 19.7 Å². The average Bonchev–Trinajstić information content (AvgIpc) is 2.28. The van der Waals surface area contributed by atoms with Gasteiger partial charge in [-0.3, -0.25) is 4.90 Å². The molecule has 0 atom stereocenters. The first kappa shape index (κ1) is 12.6. The maximum Gasteiger partial charge on any atom is 0.404 e. The lowest BCUT2D eigenvalue weighted by Crippen LogP contribution is -2.39. The molecule has 1 rings (SSSR count). The van der Waals surface area contributed by atoms with Gasteiger partial charge >= 0.3 is 6.16 Å². The van der Waals surface area contributed by atoms with E-state index in [0.29, 0.717) is 5.69 Å². The number of anilines is 1. The second-order valence-corrected chi connectivity index (χ2v) is 8.72. The van der Waals surface area contributed by atoms with Crippen molar-refractivity contribution in [2.75, 3.05) is 11.9 Å². The summed E-state index contributed by atoms with van der Waals surface area (Å²) < 4.78 is 12.6. The monoisotopic (exact) mass is 237 g/mol. The first-order valence-electron chi connectivity index (χ1n) is 5.06. The van der Waals surface area contributed by atoms with Gasteiger partial charge in [-0.15, -0.1) is 11.0 Å². The highest BCUT2D eigenvalue weighted by Crippen LogP contribution is 2.14. The van der Waals surface area contributed by atoms with E-state index >= 15 is 0 Å². The lowest BCUT2D eigenvalue weighted by atomic mass is 10.3. The molecule has 0 aliphatic carbocycles. The van der Waals surface area contributed by atoms with Crippen molar-refractivity contribution < 1.29 is 9.18 Å². The molecule has 4 heteroatoms. The molecule has 0 aliphatic heterocycles. The van der Waals surface area contributed by atoms with Gasteiger partial charge in [-0.25, -0.2) is 4.79 Å². The molecule has 1 amide bonds. The molecule has 1 aromatic rings. The van der Waals surface area contributed by atoms with Gasteiger partial charge in [-0.05, 0) is 12.1 Å². The van der Waals surface area contributed by atoms with Crippen LogP contribution in [0, 0.1) is 0 Å². The predicted octanol–water partition coefficient (Wildman–Crippen LogP) is 2.85. The lowest BCUT2D eigenvalue weighted by molar-refractivity contribution is 0.229. The average molecular weight is 237 g/mol. The van der Waals surface area contributed by atoms with Crippen LogP contribution in [0.25, 0.3) is 0 Å². The third kappa shape index (κ3) is 2.58. The van der Waals surface area contributed by atoms with Crippen molar-refractivity contribution in [2.45, 2.75) is 13.1 Å². The van der Waals surface area contributed by atoms with E-state index in [-0.39, 0.29) is 0 Å². The summed E-state index contributed by atoms with van der Waals surface area (Å²) in [6.45, 7) is 8.12. The van der Waals surface area contributed by atoms with Crippen LogP contribution in [0.15, 0.2) is 36.5 Å². The highest BCUT2D eigenvalue weighted by atomic mass is 28.3. The number of rotatable bonds is 3. The minimum Gasteiger partial charge on any atom is -0.287 e. The fourth-order valence-electron chi connectivity index (χ4n) is 1.33. The van der Waals surface area contributed by atoms with Crippen molar-refractivity contribution in [1.82, 2.24) is 0 Å². The Bertz CT molecular complexity index is 417. The Hall–Kier alpha value is -1.42. The molecule has 0 heterocycles. The molecule has 1 aromatic carbocycles. The Morgan fingerprint density at radius 2 is 2.12 bits per heavy atom. The van der Waals surface area contributed by atoms with Crippen LogP contribution in [0.2, 0.25) is 13.1 Å². The lowest BCUT2D eigenvalue weighted by Gasteiger charge is -2.20. The molecule has 86 valence electrons. The smallest absolute Gasteiger partial charge is 0.287 e. The van der Waals surface area contributed by atoms with Gasteiger partial charge in [0.2, 0.25) is 0 Å². The van der Waals surface area contributed by atoms with E-state index in [0.717, 1.165) is 10.1 Å². The third-order valence-corrected chi connectivity index (χ3v) is 5.57. The largest absolute Gasteiger partial charge is 0.404 e. The van der Waals surface area contributed by atoms with Gasteiger partial charge in [0.05, 0.1) is 0 Å². The van der Waals surface area contributed by atoms with Crippen LogP contribution in [-0.2, 0) is 0 Å². The van der Waals surface area contributed by atoms with Gasteiger partial charge in [0.15, 0.2) is 0 Å². The number of hydrogen-bond acceptors (Lipinski definition) is 1. The Morgan fingerprint density at radius 1 is 1.50 bits per heavy atom. The van der Waals surface area contributed by atoms with E-state index < -0.39 is 14.2 Å². The van der Waals surface area contributed by atoms with Crippen LogP contribution < -0.4 is 10.1 Å². The molecule has 2 nitrogen and oxygen atoms in total. The summed E-state index contributed by atoms with van der Waals surface area (Å²) in [5.41, 5.74) is 2.54. The molecular weight excluding hydrogens is 221 g/mol. The number of hydrogen-bond donors (Lipinski definition) is 0. The van der Waals surface area contributed by atoms with Crippen molar-refractivity contribution in [1.29, 1.82) is 0 Å². The van der Waals surface area contributed by atoms with Gasteiger partial charge in [-0.2, -0.15) is 0 Å². The highest BCUT2D eigenvalue weighted by Gasteiger charge is 2.20. The standard InChI is InChI=1S/C12H16FNOSi/c1-5-16(3,4)11-8-6-7-10(9-11)14(2)12(13)15/h5-9H,1H2,2-4H3. The zero-order chi connectivity index (χ0) is 12.3. The zero-order valence-electron chi connectivity index (χ0n) is 9.83. The number of carbonyl (C=O) groups excluding carboxylic acids is 1. The summed E-state index contributed by atoms with van der Waals surface area (Å²) in [7, 11) is -0.241. The summed E-state index contributed by atoms with van der Waals surface area (Å²) in [6.07, 6.45) is -1.45. The first-order valence-corrected chi connectivity index (χ1v) is 8.13. The van der Waals surface area contributed by atoms with Gasteiger partial charge in [-0.1, -0.05) is 36.1 Å². The van der Waals surface area contributed by atoms with Crippen LogP contribution in [0.1, 0.15) is 0 Å². The van der Waals surface area contributed by atoms with Crippen LogP contribution in [0.4, 0.5) is 14.9 Å². The van der Waals surface area contributed by atoms with Crippen molar-refractivity contribution in [2.24, 2.45) is 0 Å². The maximum atomic E-state index is 12.6. The molecule has 0 bridgehead atoms. The second-order valence-electron chi connectivity index (χ2n) is 4.29. The van der Waals surface area contributed by atoms with Gasteiger partial charge < -0.3 is 0 Å². The maximum absolute atomic E-state index is 12.6. The van der Waals surface area contributed by atoms with Crippen LogP contribution in [-0.4, -0.2) is 21.3 Å². The zero-order valence-corrected chi connectivity index (χ0v) is 10.8. The number of nitrogens with zero attached hydrogens (tertiary/aromatic N) is 1. The molecule has 0 radical (unpaired) electrons. The molecule has 0 fully saturated rings. The summed E-state index contributed by atoms with van der Waals surface area (Å²) >= 11 is 0. The molecule has 0 aromatic heterocycles. The van der Waals surface area contributed by atoms with Crippen LogP contribution in [0.3, 0.4) is 0 Å². The molecule has 0 spiro atoms. The van der Waals surface area contributed by atoms with E-state index in [4.69, 9.17) is 0 Å². The Morgan fingerprint density at radius 3 is 2.62 bits per heavy atom. The predicted molar refractivity (Wildman–Crippen MR) is 68.7 cm³/mol. The highest BCUT2D eigenvalue weighted by molar-refractivity contribution is 6.93. The number of carbonyl (C=O) groups is 1. The van der Waals surface area contributed by atoms with Gasteiger partial charge in [0.25, 0.3) is 0 Å². The Kier molecular flexibility index (Phi) is 3.65. The van der Waals surface area contributed by atoms with E-state index in [1.807, 2.05) is 23.9 Å². The molecule has 0 saturated heterocycles. The third-order valence-electron chi connectivity index (χ3n) is 2.75. The van der Waals surface area contributed by atoms with E-state index in [1.54, 1.807) is 6.07 Å². The molecule has 16 heavy (non-hydrogen) atoms. The number of halogens is 1. The molecule has 0 saturated carbocycles. The number of benzene rings is 1. The fourth-order valence-corrected chi connectivity index (χ4v) is 2.62. The van der Waals surface area contributed by atoms with Crippen LogP contribution in [0.5, 0.6) is 0 Å². The molecule has 0 N–H and O–H groups in total. The topological polar surface area (TPSA) is 20.3 Å². The summed E-state index contributed by atoms with van der Waals surface area (Å²) in [6, 6.07) is 7.40. The quantitative estimate of drug-likeness (QED) is 0.450. The SMILES string of the molecule is C=C[Si](C)(C)c1cccc(N(C)C(=O)F)c1. The van der Waals surface area contributed by atoms with E-state index in [1.165, 1.54) is 7.05 Å². The minimum atomic E-state index is -1.66. The molecular formula is C12H16FNOSi. The Labute approximate surface area is 96.4 Å². The summed E-state index contributed by atoms with van der Waals surface area (Å²) in [5.74, 6) is 0. The van der Waals surface area contributed by atoms with Crippen molar-refractivity contribution in [3.05, 3.63) is 36.5 Å². The first-order chi connectivity index (χ1) is 7.38. The van der Waals surface area contributed by atoms with Crippen molar-refractivity contribution >= 4 is 25.1 Å². The summed E-state index contributed by atoms with van der Waals surface area (Å²) in [4.78, 5) is 11.6. The minimum absolute atomic E-state index is 0.576. The van der Waals surface area contributed by atoms with Gasteiger partial charge in [0, 0.05) is 12.7 Å². The van der Waals surface area contributed by atoms with Crippen molar-refractivity contribution in [3.8, 4) is 0 Å². The Balaban J connectivity index is 3.14. The van der Waals surface area contributed by atoms with Crippen molar-refractivity contribution in [3.63, 3.8) is 0 Å². The molecule has 0 unspecified atom stereocenters. The second kappa shape index (κ2) is 4.61. The normalized spacial score (nSPS) is 11.0. The van der Waals surface area contributed by atoms with E-state index in [9.17, 15) is 9.18 Å². The summed E-state index contributed by atoms with van der Waals surface area (Å²) in [5, 5.41) is 1.13.